The Morgan fingerprint density at radius 2 is 1.50 bits per heavy atom. The Balaban J connectivity index is 2.06. The molecule has 2 aromatic carbocycles. The molecule has 0 unspecified atom stereocenters. The highest BCUT2D eigenvalue weighted by Gasteiger charge is 2.11. The maximum atomic E-state index is 11.9. The number of aromatic hydroxyl groups is 2. The van der Waals surface area contributed by atoms with Crippen molar-refractivity contribution in [3.05, 3.63) is 59.7 Å². The highest BCUT2D eigenvalue weighted by Crippen LogP contribution is 2.21. The van der Waals surface area contributed by atoms with Crippen LogP contribution in [0.1, 0.15) is 22.3 Å². The van der Waals surface area contributed by atoms with E-state index in [4.69, 9.17) is 0 Å². The first kappa shape index (κ1) is 12.2. The Hall–Kier alpha value is -2.29. The van der Waals surface area contributed by atoms with Crippen molar-refractivity contribution in [1.29, 1.82) is 0 Å². The van der Waals surface area contributed by atoms with Crippen molar-refractivity contribution in [3.63, 3.8) is 0 Å². The number of phenols is 2. The third kappa shape index (κ3) is 2.69. The van der Waals surface area contributed by atoms with Gasteiger partial charge in [-0.05, 0) is 30.2 Å². The molecule has 0 radical (unpaired) electrons. The van der Waals surface area contributed by atoms with Gasteiger partial charge in [-0.1, -0.05) is 30.3 Å². The fraction of sp³-hybridized carbons (Fsp3) is 0.133. The summed E-state index contributed by atoms with van der Waals surface area (Å²) < 4.78 is 0. The fourth-order valence-corrected chi connectivity index (χ4v) is 1.81. The molecule has 3 heteroatoms. The van der Waals surface area contributed by atoms with Crippen LogP contribution >= 0.6 is 0 Å². The van der Waals surface area contributed by atoms with E-state index in [1.807, 2.05) is 6.07 Å². The number of phenolic OH excluding ortho intramolecular Hbond substituents is 2. The van der Waals surface area contributed by atoms with Crippen molar-refractivity contribution in [2.24, 2.45) is 0 Å². The number of benzene rings is 2. The summed E-state index contributed by atoms with van der Waals surface area (Å²) in [6.07, 6.45) is 0.717. The summed E-state index contributed by atoms with van der Waals surface area (Å²) in [6.45, 7) is 0. The van der Waals surface area contributed by atoms with Crippen molar-refractivity contribution in [2.75, 3.05) is 0 Å². The van der Waals surface area contributed by atoms with Gasteiger partial charge in [-0.15, -0.1) is 0 Å². The monoisotopic (exact) mass is 242 g/mol. The van der Waals surface area contributed by atoms with E-state index in [2.05, 4.69) is 0 Å². The van der Waals surface area contributed by atoms with Gasteiger partial charge in [-0.2, -0.15) is 0 Å². The Morgan fingerprint density at radius 1 is 0.889 bits per heavy atom. The van der Waals surface area contributed by atoms with E-state index in [-0.39, 0.29) is 23.7 Å². The molecule has 2 aromatic rings. The molecular weight excluding hydrogens is 228 g/mol. The number of carbonyl (C=O) groups is 1. The molecule has 0 aliphatic rings. The molecule has 0 spiro atoms. The van der Waals surface area contributed by atoms with Gasteiger partial charge in [0, 0.05) is 6.42 Å². The summed E-state index contributed by atoms with van der Waals surface area (Å²) in [5, 5.41) is 19.2. The van der Waals surface area contributed by atoms with Crippen molar-refractivity contribution >= 4 is 5.78 Å². The molecule has 0 aromatic heterocycles. The van der Waals surface area contributed by atoms with Crippen LogP contribution < -0.4 is 0 Å². The average molecular weight is 242 g/mol. The topological polar surface area (TPSA) is 57.5 Å². The largest absolute Gasteiger partial charge is 0.508 e. The van der Waals surface area contributed by atoms with Crippen LogP contribution in [0.4, 0.5) is 0 Å². The van der Waals surface area contributed by atoms with Gasteiger partial charge < -0.3 is 10.2 Å². The summed E-state index contributed by atoms with van der Waals surface area (Å²) in [6, 6.07) is 13.4. The normalized spacial score (nSPS) is 10.2. The zero-order valence-electron chi connectivity index (χ0n) is 9.84. The Kier molecular flexibility index (Phi) is 3.63. The molecule has 0 aliphatic carbocycles. The first-order valence-corrected chi connectivity index (χ1v) is 5.76. The van der Waals surface area contributed by atoms with Crippen LogP contribution in [0.25, 0.3) is 0 Å². The lowest BCUT2D eigenvalue weighted by Gasteiger charge is -2.05. The molecule has 92 valence electrons. The van der Waals surface area contributed by atoms with Gasteiger partial charge in [0.25, 0.3) is 0 Å². The van der Waals surface area contributed by atoms with Gasteiger partial charge in [-0.3, -0.25) is 4.79 Å². The first-order valence-electron chi connectivity index (χ1n) is 5.76. The van der Waals surface area contributed by atoms with E-state index in [0.29, 0.717) is 12.0 Å². The second-order valence-corrected chi connectivity index (χ2v) is 4.07. The van der Waals surface area contributed by atoms with Crippen LogP contribution in [0, 0.1) is 0 Å². The molecule has 0 saturated carbocycles. The van der Waals surface area contributed by atoms with Gasteiger partial charge in [0.2, 0.25) is 0 Å². The molecule has 0 heterocycles. The van der Waals surface area contributed by atoms with Crippen LogP contribution in [0.3, 0.4) is 0 Å². The quantitative estimate of drug-likeness (QED) is 0.810. The molecule has 3 nitrogen and oxygen atoms in total. The van der Waals surface area contributed by atoms with Gasteiger partial charge in [0.15, 0.2) is 5.78 Å². The Labute approximate surface area is 105 Å². The molecule has 0 aliphatic heterocycles. The van der Waals surface area contributed by atoms with E-state index in [0.717, 1.165) is 5.56 Å². The van der Waals surface area contributed by atoms with Gasteiger partial charge in [0.1, 0.15) is 11.5 Å². The van der Waals surface area contributed by atoms with Crippen LogP contribution in [0.2, 0.25) is 0 Å². The number of carbonyl (C=O) groups excluding carboxylic acids is 1. The third-order valence-corrected chi connectivity index (χ3v) is 2.82. The molecular formula is C15H14O3. The third-order valence-electron chi connectivity index (χ3n) is 2.82. The summed E-state index contributed by atoms with van der Waals surface area (Å²) in [5.41, 5.74) is 1.06. The molecule has 0 amide bonds. The van der Waals surface area contributed by atoms with Crippen LogP contribution in [-0.4, -0.2) is 16.0 Å². The number of ketones is 1. The number of rotatable bonds is 4. The van der Waals surface area contributed by atoms with E-state index < -0.39 is 0 Å². The molecule has 0 saturated heterocycles. The van der Waals surface area contributed by atoms with E-state index in [9.17, 15) is 15.0 Å². The molecule has 0 atom stereocenters. The smallest absolute Gasteiger partial charge is 0.166 e. The van der Waals surface area contributed by atoms with Crippen molar-refractivity contribution in [2.45, 2.75) is 12.8 Å². The fourth-order valence-electron chi connectivity index (χ4n) is 1.81. The average Bonchev–Trinajstić information content (AvgIpc) is 2.38. The predicted molar refractivity (Wildman–Crippen MR) is 68.9 cm³/mol. The van der Waals surface area contributed by atoms with Crippen LogP contribution in [-0.2, 0) is 6.42 Å². The minimum Gasteiger partial charge on any atom is -0.508 e. The number of Topliss-reactive ketones (excluding diaryl/α,β-unsaturated/α-hetero) is 1. The predicted octanol–water partition coefficient (Wildman–Crippen LogP) is 2.91. The van der Waals surface area contributed by atoms with Crippen LogP contribution in [0.15, 0.2) is 48.5 Å². The lowest BCUT2D eigenvalue weighted by molar-refractivity contribution is 0.0980. The van der Waals surface area contributed by atoms with Crippen molar-refractivity contribution in [3.8, 4) is 11.5 Å². The molecule has 2 N–H and O–H groups in total. The van der Waals surface area contributed by atoms with Gasteiger partial charge >= 0.3 is 0 Å². The SMILES string of the molecule is O=C(CCc1ccccc1O)c1ccccc1O. The van der Waals surface area contributed by atoms with E-state index >= 15 is 0 Å². The van der Waals surface area contributed by atoms with Gasteiger partial charge in [0.05, 0.1) is 5.56 Å². The lowest BCUT2D eigenvalue weighted by atomic mass is 10.0. The molecule has 0 fully saturated rings. The standard InChI is InChI=1S/C15H14O3/c16-13-7-3-1-5-11(13)9-10-15(18)12-6-2-4-8-14(12)17/h1-8,16-17H,9-10H2. The summed E-state index contributed by atoms with van der Waals surface area (Å²) in [4.78, 5) is 11.9. The minimum absolute atomic E-state index is 0.000200. The molecule has 2 rings (SSSR count). The maximum absolute atomic E-state index is 11.9. The number of hydrogen-bond donors (Lipinski definition) is 2. The summed E-state index contributed by atoms with van der Waals surface area (Å²) in [5.74, 6) is 0.0683. The summed E-state index contributed by atoms with van der Waals surface area (Å²) in [7, 11) is 0. The Morgan fingerprint density at radius 3 is 2.17 bits per heavy atom. The zero-order valence-corrected chi connectivity index (χ0v) is 9.84. The van der Waals surface area contributed by atoms with Crippen molar-refractivity contribution < 1.29 is 15.0 Å². The lowest BCUT2D eigenvalue weighted by Crippen LogP contribution is -2.01. The first-order chi connectivity index (χ1) is 8.68. The van der Waals surface area contributed by atoms with E-state index in [1.165, 1.54) is 6.07 Å². The zero-order chi connectivity index (χ0) is 13.0. The Bertz CT molecular complexity index is 561. The second-order valence-electron chi connectivity index (χ2n) is 4.07. The van der Waals surface area contributed by atoms with Crippen molar-refractivity contribution in [1.82, 2.24) is 0 Å². The second kappa shape index (κ2) is 5.36. The molecule has 18 heavy (non-hydrogen) atoms. The van der Waals surface area contributed by atoms with Gasteiger partial charge in [-0.25, -0.2) is 0 Å². The number of aryl methyl sites for hydroxylation is 1. The van der Waals surface area contributed by atoms with E-state index in [1.54, 1.807) is 36.4 Å². The number of para-hydroxylation sites is 2. The summed E-state index contributed by atoms with van der Waals surface area (Å²) >= 11 is 0. The highest BCUT2D eigenvalue weighted by atomic mass is 16.3. The number of hydrogen-bond acceptors (Lipinski definition) is 3. The molecule has 0 bridgehead atoms. The highest BCUT2D eigenvalue weighted by molar-refractivity contribution is 5.98. The minimum atomic E-state index is -0.128. The maximum Gasteiger partial charge on any atom is 0.166 e. The van der Waals surface area contributed by atoms with Crippen LogP contribution in [0.5, 0.6) is 11.5 Å².